The third-order valence-electron chi connectivity index (χ3n) is 2.11. The maximum absolute atomic E-state index is 10.5. The molecule has 3 heteroatoms. The van der Waals surface area contributed by atoms with Gasteiger partial charge in [0.05, 0.1) is 0 Å². The number of nitrogens with zero attached hydrogens (tertiary/aromatic N) is 1. The summed E-state index contributed by atoms with van der Waals surface area (Å²) in [4.78, 5) is 12.7. The molecule has 1 heterocycles. The van der Waals surface area contributed by atoms with Gasteiger partial charge in [-0.2, -0.15) is 0 Å². The molecule has 0 aromatic carbocycles. The summed E-state index contributed by atoms with van der Waals surface area (Å²) < 4.78 is 0. The highest BCUT2D eigenvalue weighted by Gasteiger charge is 2.21. The van der Waals surface area contributed by atoms with Crippen molar-refractivity contribution >= 4 is 5.91 Å². The lowest BCUT2D eigenvalue weighted by Gasteiger charge is -2.16. The van der Waals surface area contributed by atoms with E-state index >= 15 is 0 Å². The highest BCUT2D eigenvalue weighted by molar-refractivity contribution is 5.74. The summed E-state index contributed by atoms with van der Waals surface area (Å²) in [6, 6.07) is 0.414. The molecule has 0 bridgehead atoms. The van der Waals surface area contributed by atoms with Gasteiger partial charge in [-0.15, -0.1) is 0 Å². The zero-order valence-electron chi connectivity index (χ0n) is 6.34. The smallest absolute Gasteiger partial charge is 0.218 e. The van der Waals surface area contributed by atoms with E-state index in [9.17, 15) is 4.79 Å². The topological polar surface area (TPSA) is 46.3 Å². The Morgan fingerprint density at radius 3 is 2.90 bits per heavy atom. The van der Waals surface area contributed by atoms with Crippen molar-refractivity contribution in [3.63, 3.8) is 0 Å². The first-order valence-electron chi connectivity index (χ1n) is 3.68. The number of primary amides is 1. The number of rotatable bonds is 2. The maximum atomic E-state index is 10.5. The largest absolute Gasteiger partial charge is 0.370 e. The number of carbonyl (C=O) groups is 1. The second kappa shape index (κ2) is 3.01. The lowest BCUT2D eigenvalue weighted by atomic mass is 10.1. The predicted molar refractivity (Wildman–Crippen MR) is 39.5 cm³/mol. The van der Waals surface area contributed by atoms with Crippen LogP contribution in [0.15, 0.2) is 0 Å². The molecule has 1 atom stereocenters. The second-order valence-corrected chi connectivity index (χ2v) is 2.95. The zero-order valence-corrected chi connectivity index (χ0v) is 6.34. The van der Waals surface area contributed by atoms with Gasteiger partial charge in [0.15, 0.2) is 0 Å². The number of amides is 1. The molecule has 1 saturated heterocycles. The van der Waals surface area contributed by atoms with Crippen LogP contribution in [0.1, 0.15) is 19.3 Å². The van der Waals surface area contributed by atoms with E-state index < -0.39 is 0 Å². The second-order valence-electron chi connectivity index (χ2n) is 2.95. The van der Waals surface area contributed by atoms with E-state index in [-0.39, 0.29) is 5.91 Å². The summed E-state index contributed by atoms with van der Waals surface area (Å²) >= 11 is 0. The molecule has 0 saturated carbocycles. The third kappa shape index (κ3) is 1.70. The van der Waals surface area contributed by atoms with Gasteiger partial charge >= 0.3 is 0 Å². The first-order chi connectivity index (χ1) is 4.70. The lowest BCUT2D eigenvalue weighted by Crippen LogP contribution is -2.29. The van der Waals surface area contributed by atoms with E-state index in [1.807, 2.05) is 7.05 Å². The fourth-order valence-corrected chi connectivity index (χ4v) is 1.47. The van der Waals surface area contributed by atoms with E-state index in [0.29, 0.717) is 12.5 Å². The normalized spacial score (nSPS) is 27.1. The summed E-state index contributed by atoms with van der Waals surface area (Å²) in [5.74, 6) is -0.182. The maximum Gasteiger partial charge on any atom is 0.218 e. The number of hydrogen-bond acceptors (Lipinski definition) is 2. The molecule has 1 rings (SSSR count). The van der Waals surface area contributed by atoms with Crippen molar-refractivity contribution in [2.24, 2.45) is 5.73 Å². The average Bonchev–Trinajstić information content (AvgIpc) is 2.15. The molecule has 2 N–H and O–H groups in total. The van der Waals surface area contributed by atoms with Gasteiger partial charge in [-0.3, -0.25) is 4.79 Å². The Bertz CT molecular complexity index is 136. The number of hydrogen-bond donors (Lipinski definition) is 1. The van der Waals surface area contributed by atoms with Gasteiger partial charge in [0, 0.05) is 12.5 Å². The molecule has 0 spiro atoms. The van der Waals surface area contributed by atoms with Gasteiger partial charge in [0.2, 0.25) is 5.91 Å². The van der Waals surface area contributed by atoms with Crippen molar-refractivity contribution < 1.29 is 4.79 Å². The minimum Gasteiger partial charge on any atom is -0.370 e. The van der Waals surface area contributed by atoms with Crippen LogP contribution in [0, 0.1) is 0 Å². The molecule has 1 aliphatic rings. The van der Waals surface area contributed by atoms with Crippen molar-refractivity contribution in [2.75, 3.05) is 13.6 Å². The van der Waals surface area contributed by atoms with Gasteiger partial charge < -0.3 is 10.6 Å². The molecular weight excluding hydrogens is 128 g/mol. The van der Waals surface area contributed by atoms with E-state index in [0.717, 1.165) is 13.0 Å². The summed E-state index contributed by atoms with van der Waals surface area (Å²) in [6.45, 7) is 1.11. The molecule has 0 aromatic rings. The minimum atomic E-state index is -0.182. The summed E-state index contributed by atoms with van der Waals surface area (Å²) in [5, 5.41) is 0. The Hall–Kier alpha value is -0.570. The average molecular weight is 142 g/mol. The molecule has 1 fully saturated rings. The van der Waals surface area contributed by atoms with Gasteiger partial charge in [-0.25, -0.2) is 0 Å². The SMILES string of the molecule is CN1CCC[C@H]1CC(N)=O. The van der Waals surface area contributed by atoms with Crippen LogP contribution in [-0.4, -0.2) is 30.4 Å². The van der Waals surface area contributed by atoms with Crippen LogP contribution >= 0.6 is 0 Å². The van der Waals surface area contributed by atoms with Crippen LogP contribution in [0.25, 0.3) is 0 Å². The standard InChI is InChI=1S/C7H14N2O/c1-9-4-2-3-6(9)5-7(8)10/h6H,2-5H2,1H3,(H2,8,10)/t6-/m0/s1. The molecule has 1 amide bonds. The van der Waals surface area contributed by atoms with Crippen molar-refractivity contribution in [3.05, 3.63) is 0 Å². The molecule has 0 aromatic heterocycles. The zero-order chi connectivity index (χ0) is 7.56. The fourth-order valence-electron chi connectivity index (χ4n) is 1.47. The molecule has 3 nitrogen and oxygen atoms in total. The first-order valence-corrected chi connectivity index (χ1v) is 3.68. The van der Waals surface area contributed by atoms with Crippen LogP contribution in [-0.2, 0) is 4.79 Å². The number of nitrogens with two attached hydrogens (primary N) is 1. The van der Waals surface area contributed by atoms with Crippen LogP contribution in [0.2, 0.25) is 0 Å². The van der Waals surface area contributed by atoms with Crippen LogP contribution in [0.4, 0.5) is 0 Å². The number of carbonyl (C=O) groups excluding carboxylic acids is 1. The van der Waals surface area contributed by atoms with Crippen LogP contribution < -0.4 is 5.73 Å². The predicted octanol–water partition coefficient (Wildman–Crippen LogP) is -0.0440. The lowest BCUT2D eigenvalue weighted by molar-refractivity contribution is -0.118. The highest BCUT2D eigenvalue weighted by Crippen LogP contribution is 2.16. The van der Waals surface area contributed by atoms with Gasteiger partial charge in [0.1, 0.15) is 0 Å². The molecular formula is C7H14N2O. The molecule has 0 aliphatic carbocycles. The van der Waals surface area contributed by atoms with Crippen molar-refractivity contribution in [3.8, 4) is 0 Å². The van der Waals surface area contributed by atoms with Gasteiger partial charge in [0.25, 0.3) is 0 Å². The van der Waals surface area contributed by atoms with Crippen LogP contribution in [0.3, 0.4) is 0 Å². The fraction of sp³-hybridized carbons (Fsp3) is 0.857. The molecule has 0 unspecified atom stereocenters. The Balaban J connectivity index is 2.33. The van der Waals surface area contributed by atoms with E-state index in [4.69, 9.17) is 5.73 Å². The van der Waals surface area contributed by atoms with Crippen molar-refractivity contribution in [2.45, 2.75) is 25.3 Å². The Morgan fingerprint density at radius 2 is 2.50 bits per heavy atom. The summed E-state index contributed by atoms with van der Waals surface area (Å²) in [5.41, 5.74) is 5.07. The Morgan fingerprint density at radius 1 is 1.80 bits per heavy atom. The third-order valence-corrected chi connectivity index (χ3v) is 2.11. The Kier molecular flexibility index (Phi) is 2.27. The van der Waals surface area contributed by atoms with Gasteiger partial charge in [-0.05, 0) is 26.4 Å². The number of likely N-dealkylation sites (tertiary alicyclic amines) is 1. The molecule has 10 heavy (non-hydrogen) atoms. The minimum absolute atomic E-state index is 0.182. The summed E-state index contributed by atoms with van der Waals surface area (Å²) in [7, 11) is 2.04. The van der Waals surface area contributed by atoms with Gasteiger partial charge in [-0.1, -0.05) is 0 Å². The van der Waals surface area contributed by atoms with Crippen molar-refractivity contribution in [1.29, 1.82) is 0 Å². The van der Waals surface area contributed by atoms with Crippen LogP contribution in [0.5, 0.6) is 0 Å². The Labute approximate surface area is 61.2 Å². The first kappa shape index (κ1) is 7.54. The van der Waals surface area contributed by atoms with E-state index in [1.165, 1.54) is 6.42 Å². The van der Waals surface area contributed by atoms with E-state index in [1.54, 1.807) is 0 Å². The summed E-state index contributed by atoms with van der Waals surface area (Å²) in [6.07, 6.45) is 2.85. The quantitative estimate of drug-likeness (QED) is 0.588. The molecule has 1 aliphatic heterocycles. The monoisotopic (exact) mass is 142 g/mol. The molecule has 58 valence electrons. The molecule has 0 radical (unpaired) electrons. The van der Waals surface area contributed by atoms with E-state index in [2.05, 4.69) is 4.90 Å². The highest BCUT2D eigenvalue weighted by atomic mass is 16.1. The van der Waals surface area contributed by atoms with Crippen molar-refractivity contribution in [1.82, 2.24) is 4.90 Å².